The molecular weight excluding hydrogens is 324 g/mol. The van der Waals surface area contributed by atoms with Gasteiger partial charge in [0.15, 0.2) is 0 Å². The van der Waals surface area contributed by atoms with Crippen LogP contribution in [0.5, 0.6) is 0 Å². The molecule has 0 bridgehead atoms. The van der Waals surface area contributed by atoms with Crippen LogP contribution in [0.3, 0.4) is 0 Å². The van der Waals surface area contributed by atoms with Crippen molar-refractivity contribution >= 4 is 21.6 Å². The van der Waals surface area contributed by atoms with Crippen LogP contribution in [0.15, 0.2) is 40.9 Å². The van der Waals surface area contributed by atoms with E-state index in [4.69, 9.17) is 0 Å². The molecule has 2 aromatic rings. The van der Waals surface area contributed by atoms with Crippen molar-refractivity contribution in [3.05, 3.63) is 63.4 Å². The van der Waals surface area contributed by atoms with Gasteiger partial charge in [0.25, 0.3) is 0 Å². The molecule has 1 unspecified atom stereocenters. The highest BCUT2D eigenvalue weighted by molar-refractivity contribution is 9.10. The summed E-state index contributed by atoms with van der Waals surface area (Å²) in [6.07, 6.45) is -0.231. The van der Waals surface area contributed by atoms with Crippen molar-refractivity contribution in [3.8, 4) is 0 Å². The lowest BCUT2D eigenvalue weighted by atomic mass is 9.98. The fraction of sp³-hybridized carbons (Fsp3) is 0.250. The summed E-state index contributed by atoms with van der Waals surface area (Å²) in [5.41, 5.74) is 3.05. The summed E-state index contributed by atoms with van der Waals surface area (Å²) in [6, 6.07) is 10.4. The van der Waals surface area contributed by atoms with Crippen molar-refractivity contribution in [2.24, 2.45) is 0 Å². The number of anilines is 1. The van der Waals surface area contributed by atoms with Gasteiger partial charge in [-0.2, -0.15) is 0 Å². The van der Waals surface area contributed by atoms with Crippen LogP contribution < -0.4 is 5.32 Å². The van der Waals surface area contributed by atoms with Gasteiger partial charge in [-0.15, -0.1) is 0 Å². The number of hydrogen-bond acceptors (Lipinski definition) is 1. The molecule has 0 radical (unpaired) electrons. The first-order valence-electron chi connectivity index (χ1n) is 6.59. The summed E-state index contributed by atoms with van der Waals surface area (Å²) in [5, 5.41) is 3.22. The van der Waals surface area contributed by atoms with E-state index >= 15 is 0 Å². The van der Waals surface area contributed by atoms with E-state index in [-0.39, 0.29) is 12.2 Å². The first-order chi connectivity index (χ1) is 9.65. The molecule has 1 nitrogen and oxygen atoms in total. The summed E-state index contributed by atoms with van der Waals surface area (Å²) in [6.45, 7) is 0.839. The van der Waals surface area contributed by atoms with E-state index in [1.807, 2.05) is 12.1 Å². The van der Waals surface area contributed by atoms with Crippen LogP contribution in [0.4, 0.5) is 14.5 Å². The van der Waals surface area contributed by atoms with Gasteiger partial charge in [-0.3, -0.25) is 0 Å². The summed E-state index contributed by atoms with van der Waals surface area (Å²) in [4.78, 5) is 0. The van der Waals surface area contributed by atoms with Gasteiger partial charge in [0, 0.05) is 28.7 Å². The quantitative estimate of drug-likeness (QED) is 0.847. The van der Waals surface area contributed by atoms with Crippen LogP contribution in [-0.4, -0.2) is 6.54 Å². The topological polar surface area (TPSA) is 12.0 Å². The molecule has 1 N–H and O–H groups in total. The lowest BCUT2D eigenvalue weighted by Gasteiger charge is -2.14. The van der Waals surface area contributed by atoms with E-state index in [1.165, 1.54) is 6.07 Å². The zero-order chi connectivity index (χ0) is 14.1. The van der Waals surface area contributed by atoms with Crippen molar-refractivity contribution in [1.82, 2.24) is 0 Å². The Labute approximate surface area is 125 Å². The second kappa shape index (κ2) is 5.52. The van der Waals surface area contributed by atoms with E-state index in [0.717, 1.165) is 24.2 Å². The molecule has 0 fully saturated rings. The van der Waals surface area contributed by atoms with Crippen LogP contribution in [0.1, 0.15) is 22.9 Å². The molecule has 1 heterocycles. The number of fused-ring (bicyclic) bond motifs is 1. The van der Waals surface area contributed by atoms with Crippen LogP contribution in [-0.2, 0) is 12.8 Å². The maximum atomic E-state index is 14.5. The lowest BCUT2D eigenvalue weighted by Crippen LogP contribution is -2.03. The van der Waals surface area contributed by atoms with E-state index in [0.29, 0.717) is 15.6 Å². The maximum absolute atomic E-state index is 14.5. The second-order valence-electron chi connectivity index (χ2n) is 4.97. The summed E-state index contributed by atoms with van der Waals surface area (Å²) < 4.78 is 29.0. The minimum absolute atomic E-state index is 0.0528. The third-order valence-corrected chi connectivity index (χ3v) is 4.12. The Balaban J connectivity index is 1.86. The molecule has 1 aliphatic rings. The average molecular weight is 338 g/mol. The zero-order valence-electron chi connectivity index (χ0n) is 10.8. The summed E-state index contributed by atoms with van der Waals surface area (Å²) >= 11 is 3.20. The number of hydrogen-bond donors (Lipinski definition) is 1. The van der Waals surface area contributed by atoms with Gasteiger partial charge in [0.1, 0.15) is 12.0 Å². The highest BCUT2D eigenvalue weighted by Gasteiger charge is 2.21. The predicted molar refractivity (Wildman–Crippen MR) is 80.3 cm³/mol. The van der Waals surface area contributed by atoms with Crippen molar-refractivity contribution in [3.63, 3.8) is 0 Å². The lowest BCUT2D eigenvalue weighted by molar-refractivity contribution is 0.339. The molecule has 0 aromatic heterocycles. The molecule has 1 atom stereocenters. The minimum Gasteiger partial charge on any atom is -0.384 e. The number of alkyl halides is 1. The molecule has 104 valence electrons. The first-order valence-corrected chi connectivity index (χ1v) is 7.38. The van der Waals surface area contributed by atoms with Gasteiger partial charge >= 0.3 is 0 Å². The Morgan fingerprint density at radius 3 is 2.90 bits per heavy atom. The van der Waals surface area contributed by atoms with Gasteiger partial charge < -0.3 is 5.32 Å². The molecule has 4 heteroatoms. The monoisotopic (exact) mass is 337 g/mol. The van der Waals surface area contributed by atoms with Crippen molar-refractivity contribution in [2.45, 2.75) is 19.0 Å². The Kier molecular flexibility index (Phi) is 3.74. The van der Waals surface area contributed by atoms with E-state index in [2.05, 4.69) is 21.2 Å². The molecule has 0 aliphatic carbocycles. The van der Waals surface area contributed by atoms with Crippen LogP contribution in [0.25, 0.3) is 0 Å². The standard InChI is InChI=1S/C16H14BrF2N/c17-12-5-4-11(14(18)9-12)8-15(19)13-3-1-2-10-6-7-20-16(10)13/h1-5,9,15,20H,6-8H2. The molecule has 0 spiro atoms. The van der Waals surface area contributed by atoms with E-state index in [9.17, 15) is 8.78 Å². The number of benzene rings is 2. The zero-order valence-corrected chi connectivity index (χ0v) is 12.4. The maximum Gasteiger partial charge on any atom is 0.131 e. The average Bonchev–Trinajstić information content (AvgIpc) is 2.90. The van der Waals surface area contributed by atoms with Crippen LogP contribution in [0, 0.1) is 5.82 Å². The normalized spacial score (nSPS) is 14.8. The molecule has 3 rings (SSSR count). The third kappa shape index (κ3) is 2.57. The molecule has 2 aromatic carbocycles. The summed E-state index contributed by atoms with van der Waals surface area (Å²) in [7, 11) is 0. The number of nitrogens with one attached hydrogen (secondary N) is 1. The van der Waals surface area contributed by atoms with Crippen molar-refractivity contribution < 1.29 is 8.78 Å². The number of halogens is 3. The van der Waals surface area contributed by atoms with E-state index < -0.39 is 6.17 Å². The number of para-hydroxylation sites is 1. The van der Waals surface area contributed by atoms with E-state index in [1.54, 1.807) is 18.2 Å². The van der Waals surface area contributed by atoms with Crippen LogP contribution >= 0.6 is 15.9 Å². The van der Waals surface area contributed by atoms with Crippen LogP contribution in [0.2, 0.25) is 0 Å². The molecule has 20 heavy (non-hydrogen) atoms. The van der Waals surface area contributed by atoms with Crippen molar-refractivity contribution in [1.29, 1.82) is 0 Å². The fourth-order valence-corrected chi connectivity index (χ4v) is 2.95. The molecule has 0 amide bonds. The number of rotatable bonds is 3. The van der Waals surface area contributed by atoms with Crippen molar-refractivity contribution in [2.75, 3.05) is 11.9 Å². The van der Waals surface area contributed by atoms with Gasteiger partial charge in [0.2, 0.25) is 0 Å². The Morgan fingerprint density at radius 1 is 1.25 bits per heavy atom. The minimum atomic E-state index is -1.20. The first kappa shape index (κ1) is 13.6. The predicted octanol–water partition coefficient (Wildman–Crippen LogP) is 4.81. The van der Waals surface area contributed by atoms with Gasteiger partial charge in [0.05, 0.1) is 0 Å². The smallest absolute Gasteiger partial charge is 0.131 e. The SMILES string of the molecule is Fc1cc(Br)ccc1CC(F)c1cccc2c1NCC2. The molecule has 0 saturated heterocycles. The third-order valence-electron chi connectivity index (χ3n) is 3.63. The van der Waals surface area contributed by atoms with Gasteiger partial charge in [-0.05, 0) is 29.7 Å². The molecule has 0 saturated carbocycles. The largest absolute Gasteiger partial charge is 0.384 e. The fourth-order valence-electron chi connectivity index (χ4n) is 2.62. The van der Waals surface area contributed by atoms with Gasteiger partial charge in [-0.25, -0.2) is 8.78 Å². The molecule has 1 aliphatic heterocycles. The Bertz CT molecular complexity index is 642. The summed E-state index contributed by atoms with van der Waals surface area (Å²) in [5.74, 6) is -0.373. The second-order valence-corrected chi connectivity index (χ2v) is 5.88. The molecular formula is C16H14BrF2N. The Morgan fingerprint density at radius 2 is 2.10 bits per heavy atom. The van der Waals surface area contributed by atoms with Gasteiger partial charge in [-0.1, -0.05) is 40.2 Å². The Hall–Kier alpha value is -1.42. The highest BCUT2D eigenvalue weighted by Crippen LogP contribution is 2.34. The highest BCUT2D eigenvalue weighted by atomic mass is 79.9.